The average Bonchev–Trinajstić information content (AvgIpc) is 3.37. The van der Waals surface area contributed by atoms with Gasteiger partial charge >= 0.3 is 0 Å². The summed E-state index contributed by atoms with van der Waals surface area (Å²) >= 11 is 0. The molecule has 0 saturated heterocycles. The van der Waals surface area contributed by atoms with E-state index in [4.69, 9.17) is 5.73 Å². The molecule has 1 aliphatic rings. The SMILES string of the molecule is N[C@@H](c1cc2ccccc2c2ccccc12)[C@H](O)C1CC1. The van der Waals surface area contributed by atoms with Crippen molar-refractivity contribution in [1.29, 1.82) is 0 Å². The smallest absolute Gasteiger partial charge is 0.0761 e. The van der Waals surface area contributed by atoms with Crippen molar-refractivity contribution >= 4 is 21.5 Å². The molecule has 21 heavy (non-hydrogen) atoms. The molecule has 1 aliphatic carbocycles. The molecule has 4 rings (SSSR count). The molecule has 3 aromatic rings. The van der Waals surface area contributed by atoms with E-state index in [1.165, 1.54) is 16.2 Å². The molecule has 3 N–H and O–H groups in total. The third-order valence-corrected chi connectivity index (χ3v) is 4.63. The standard InChI is InChI=1S/C19H19NO/c20-18(19(21)12-9-10-12)17-11-13-5-1-2-6-14(13)15-7-3-4-8-16(15)17/h1-8,11-12,18-19,21H,9-10,20H2/t18-,19+/m0/s1. The zero-order valence-corrected chi connectivity index (χ0v) is 11.9. The van der Waals surface area contributed by atoms with Crippen molar-refractivity contribution in [3.8, 4) is 0 Å². The van der Waals surface area contributed by atoms with E-state index >= 15 is 0 Å². The van der Waals surface area contributed by atoms with Gasteiger partial charge in [0, 0.05) is 0 Å². The van der Waals surface area contributed by atoms with Crippen molar-refractivity contribution in [2.75, 3.05) is 0 Å². The monoisotopic (exact) mass is 277 g/mol. The Morgan fingerprint density at radius 2 is 1.52 bits per heavy atom. The van der Waals surface area contributed by atoms with E-state index in [9.17, 15) is 5.11 Å². The summed E-state index contributed by atoms with van der Waals surface area (Å²) in [5, 5.41) is 15.2. The first-order valence-corrected chi connectivity index (χ1v) is 7.60. The van der Waals surface area contributed by atoms with Gasteiger partial charge in [-0.05, 0) is 51.9 Å². The van der Waals surface area contributed by atoms with Crippen LogP contribution in [0.25, 0.3) is 21.5 Å². The maximum absolute atomic E-state index is 10.4. The van der Waals surface area contributed by atoms with Crippen molar-refractivity contribution in [3.63, 3.8) is 0 Å². The third kappa shape index (κ3) is 2.11. The maximum Gasteiger partial charge on any atom is 0.0761 e. The first-order valence-electron chi connectivity index (χ1n) is 7.60. The molecule has 0 aromatic heterocycles. The minimum absolute atomic E-state index is 0.313. The Labute approximate surface area is 124 Å². The van der Waals surface area contributed by atoms with Gasteiger partial charge in [-0.2, -0.15) is 0 Å². The summed E-state index contributed by atoms with van der Waals surface area (Å²) in [6.45, 7) is 0. The molecule has 2 atom stereocenters. The highest BCUT2D eigenvalue weighted by Gasteiger charge is 2.34. The molecule has 0 heterocycles. The molecule has 0 amide bonds. The van der Waals surface area contributed by atoms with Gasteiger partial charge < -0.3 is 10.8 Å². The molecule has 2 nitrogen and oxygen atoms in total. The molecule has 3 aromatic carbocycles. The molecule has 0 bridgehead atoms. The zero-order valence-electron chi connectivity index (χ0n) is 11.9. The minimum Gasteiger partial charge on any atom is -0.391 e. The topological polar surface area (TPSA) is 46.2 Å². The van der Waals surface area contributed by atoms with Gasteiger partial charge in [-0.15, -0.1) is 0 Å². The van der Waals surface area contributed by atoms with Crippen LogP contribution in [-0.4, -0.2) is 11.2 Å². The molecule has 2 heteroatoms. The van der Waals surface area contributed by atoms with Gasteiger partial charge in [-0.3, -0.25) is 0 Å². The van der Waals surface area contributed by atoms with Gasteiger partial charge in [-0.25, -0.2) is 0 Å². The summed E-state index contributed by atoms with van der Waals surface area (Å²) in [7, 11) is 0. The fourth-order valence-corrected chi connectivity index (χ4v) is 3.27. The molecule has 0 unspecified atom stereocenters. The predicted molar refractivity (Wildman–Crippen MR) is 87.1 cm³/mol. The van der Waals surface area contributed by atoms with Crippen molar-refractivity contribution in [2.45, 2.75) is 25.0 Å². The summed E-state index contributed by atoms with van der Waals surface area (Å²) in [5.41, 5.74) is 7.45. The summed E-state index contributed by atoms with van der Waals surface area (Å²) in [6.07, 6.45) is 1.76. The molecular weight excluding hydrogens is 258 g/mol. The third-order valence-electron chi connectivity index (χ3n) is 4.63. The molecule has 0 radical (unpaired) electrons. The van der Waals surface area contributed by atoms with E-state index in [0.29, 0.717) is 5.92 Å². The average molecular weight is 277 g/mol. The summed E-state index contributed by atoms with van der Waals surface area (Å²) in [4.78, 5) is 0. The van der Waals surface area contributed by atoms with Crippen LogP contribution in [0.4, 0.5) is 0 Å². The second-order valence-corrected chi connectivity index (χ2v) is 6.09. The van der Waals surface area contributed by atoms with Crippen LogP contribution in [0.15, 0.2) is 54.6 Å². The van der Waals surface area contributed by atoms with Gasteiger partial charge in [0.2, 0.25) is 0 Å². The Balaban J connectivity index is 1.97. The fourth-order valence-electron chi connectivity index (χ4n) is 3.27. The van der Waals surface area contributed by atoms with Crippen molar-refractivity contribution in [3.05, 3.63) is 60.2 Å². The lowest BCUT2D eigenvalue weighted by atomic mass is 9.90. The van der Waals surface area contributed by atoms with Gasteiger partial charge in [0.25, 0.3) is 0 Å². The van der Waals surface area contributed by atoms with Crippen LogP contribution in [0, 0.1) is 5.92 Å². The second kappa shape index (κ2) is 4.83. The predicted octanol–water partition coefficient (Wildman–Crippen LogP) is 3.76. The van der Waals surface area contributed by atoms with Crippen LogP contribution >= 0.6 is 0 Å². The lowest BCUT2D eigenvalue weighted by molar-refractivity contribution is 0.123. The number of nitrogens with two attached hydrogens (primary N) is 1. The molecule has 1 fully saturated rings. The number of hydrogen-bond acceptors (Lipinski definition) is 2. The molecular formula is C19H19NO. The molecule has 0 aliphatic heterocycles. The van der Waals surface area contributed by atoms with Gasteiger partial charge in [0.1, 0.15) is 0 Å². The maximum atomic E-state index is 10.4. The zero-order chi connectivity index (χ0) is 14.4. The Hall–Kier alpha value is -1.90. The second-order valence-electron chi connectivity index (χ2n) is 6.09. The number of rotatable bonds is 3. The molecule has 0 spiro atoms. The van der Waals surface area contributed by atoms with Crippen LogP contribution in [-0.2, 0) is 0 Å². The summed E-state index contributed by atoms with van der Waals surface area (Å²) in [5.74, 6) is 0.380. The van der Waals surface area contributed by atoms with E-state index in [-0.39, 0.29) is 6.04 Å². The Kier molecular flexibility index (Phi) is 2.95. The Bertz CT molecular complexity index is 807. The summed E-state index contributed by atoms with van der Waals surface area (Å²) in [6, 6.07) is 18.5. The fraction of sp³-hybridized carbons (Fsp3) is 0.263. The van der Waals surface area contributed by atoms with E-state index in [0.717, 1.165) is 23.8 Å². The number of benzene rings is 3. The lowest BCUT2D eigenvalue weighted by Crippen LogP contribution is -2.28. The van der Waals surface area contributed by atoms with Crippen molar-refractivity contribution in [2.24, 2.45) is 11.7 Å². The highest BCUT2D eigenvalue weighted by molar-refractivity contribution is 6.09. The highest BCUT2D eigenvalue weighted by atomic mass is 16.3. The first kappa shape index (κ1) is 12.8. The highest BCUT2D eigenvalue weighted by Crippen LogP contribution is 2.39. The normalized spacial score (nSPS) is 18.0. The van der Waals surface area contributed by atoms with E-state index in [1.807, 2.05) is 12.1 Å². The van der Waals surface area contributed by atoms with Crippen LogP contribution in [0.5, 0.6) is 0 Å². The number of hydrogen-bond donors (Lipinski definition) is 2. The van der Waals surface area contributed by atoms with Crippen LogP contribution < -0.4 is 5.73 Å². The van der Waals surface area contributed by atoms with E-state index < -0.39 is 6.10 Å². The van der Waals surface area contributed by atoms with Crippen LogP contribution in [0.1, 0.15) is 24.4 Å². The molecule has 106 valence electrons. The van der Waals surface area contributed by atoms with Crippen LogP contribution in [0.2, 0.25) is 0 Å². The Morgan fingerprint density at radius 1 is 0.905 bits per heavy atom. The largest absolute Gasteiger partial charge is 0.391 e. The number of fused-ring (bicyclic) bond motifs is 3. The van der Waals surface area contributed by atoms with Gasteiger partial charge in [-0.1, -0.05) is 48.5 Å². The number of aliphatic hydroxyl groups is 1. The lowest BCUT2D eigenvalue weighted by Gasteiger charge is -2.21. The molecule has 1 saturated carbocycles. The number of aliphatic hydroxyl groups excluding tert-OH is 1. The quantitative estimate of drug-likeness (QED) is 0.716. The Morgan fingerprint density at radius 3 is 2.24 bits per heavy atom. The van der Waals surface area contributed by atoms with E-state index in [1.54, 1.807) is 0 Å². The van der Waals surface area contributed by atoms with Crippen LogP contribution in [0.3, 0.4) is 0 Å². The van der Waals surface area contributed by atoms with Gasteiger partial charge in [0.15, 0.2) is 0 Å². The minimum atomic E-state index is -0.436. The van der Waals surface area contributed by atoms with Crippen molar-refractivity contribution < 1.29 is 5.11 Å². The summed E-state index contributed by atoms with van der Waals surface area (Å²) < 4.78 is 0. The van der Waals surface area contributed by atoms with Gasteiger partial charge in [0.05, 0.1) is 12.1 Å². The first-order chi connectivity index (χ1) is 10.3. The van der Waals surface area contributed by atoms with E-state index in [2.05, 4.69) is 42.5 Å². The van der Waals surface area contributed by atoms with Crippen molar-refractivity contribution in [1.82, 2.24) is 0 Å².